The number of hydrogen-bond acceptors (Lipinski definition) is 3. The van der Waals surface area contributed by atoms with E-state index in [4.69, 9.17) is 0 Å². The van der Waals surface area contributed by atoms with E-state index in [9.17, 15) is 9.59 Å². The van der Waals surface area contributed by atoms with Gasteiger partial charge in [0.15, 0.2) is 0 Å². The molecule has 2 aromatic carbocycles. The highest BCUT2D eigenvalue weighted by Gasteiger charge is 2.25. The number of hydrogen-bond donors (Lipinski definition) is 3. The van der Waals surface area contributed by atoms with Crippen LogP contribution in [0.3, 0.4) is 0 Å². The second kappa shape index (κ2) is 7.80. The third-order valence-corrected chi connectivity index (χ3v) is 5.97. The molecule has 30 heavy (non-hydrogen) atoms. The number of para-hydroxylation sites is 1. The van der Waals surface area contributed by atoms with Crippen molar-refractivity contribution in [2.45, 2.75) is 12.8 Å². The zero-order chi connectivity index (χ0) is 20.5. The summed E-state index contributed by atoms with van der Waals surface area (Å²) in [6.45, 7) is 2.42. The van der Waals surface area contributed by atoms with Gasteiger partial charge in [0.2, 0.25) is 0 Å². The molecule has 3 N–H and O–H groups in total. The molecule has 0 atom stereocenters. The number of benzene rings is 2. The summed E-state index contributed by atoms with van der Waals surface area (Å²) in [6.07, 6.45) is 3.85. The van der Waals surface area contributed by atoms with Crippen molar-refractivity contribution in [3.05, 3.63) is 76.7 Å². The molecular formula is C24H24N4O2. The fraction of sp³-hybridized carbons (Fsp3) is 0.250. The summed E-state index contributed by atoms with van der Waals surface area (Å²) in [7, 11) is 0. The van der Waals surface area contributed by atoms with Crippen molar-refractivity contribution in [2.75, 3.05) is 24.5 Å². The van der Waals surface area contributed by atoms with Gasteiger partial charge in [0.05, 0.1) is 0 Å². The van der Waals surface area contributed by atoms with Crippen LogP contribution < -0.4 is 15.8 Å². The van der Waals surface area contributed by atoms with E-state index in [1.165, 1.54) is 0 Å². The number of aromatic amines is 2. The SMILES string of the molecule is O=C(c1ccc2[nH]ccc2c1)N(CC1CCNCC1)c1cc2ccccc2[nH]c1=O. The number of nitrogens with zero attached hydrogens (tertiary/aromatic N) is 1. The van der Waals surface area contributed by atoms with Crippen molar-refractivity contribution in [3.8, 4) is 0 Å². The number of anilines is 1. The Bertz CT molecular complexity index is 1270. The number of pyridine rings is 1. The van der Waals surface area contributed by atoms with Crippen LogP contribution in [0.25, 0.3) is 21.8 Å². The zero-order valence-corrected chi connectivity index (χ0v) is 16.7. The summed E-state index contributed by atoms with van der Waals surface area (Å²) in [6, 6.07) is 17.1. The van der Waals surface area contributed by atoms with Crippen molar-refractivity contribution in [3.63, 3.8) is 0 Å². The van der Waals surface area contributed by atoms with Crippen molar-refractivity contribution >= 4 is 33.4 Å². The summed E-state index contributed by atoms with van der Waals surface area (Å²) in [5.74, 6) is 0.217. The van der Waals surface area contributed by atoms with Gasteiger partial charge in [-0.1, -0.05) is 18.2 Å². The molecule has 0 unspecified atom stereocenters. The van der Waals surface area contributed by atoms with Crippen molar-refractivity contribution in [1.29, 1.82) is 0 Å². The highest BCUT2D eigenvalue weighted by molar-refractivity contribution is 6.08. The number of amides is 1. The Balaban J connectivity index is 1.58. The van der Waals surface area contributed by atoms with E-state index in [1.807, 2.05) is 60.8 Å². The van der Waals surface area contributed by atoms with Gasteiger partial charge in [0, 0.05) is 40.1 Å². The minimum absolute atomic E-state index is 0.141. The number of carbonyl (C=O) groups is 1. The standard InChI is InChI=1S/C24H24N4O2/c29-23-22(14-17-3-1-2-4-21(17)27-23)28(15-16-7-10-25-11-8-16)24(30)19-5-6-20-18(13-19)9-12-26-20/h1-6,9,12-14,16,25-26H,7-8,10-11,15H2,(H,27,29). The molecule has 0 aliphatic carbocycles. The number of H-pyrrole nitrogens is 2. The number of rotatable bonds is 4. The van der Waals surface area contributed by atoms with E-state index in [1.54, 1.807) is 4.90 Å². The maximum absolute atomic E-state index is 13.6. The Hall–Kier alpha value is -3.38. The summed E-state index contributed by atoms with van der Waals surface area (Å²) in [5, 5.41) is 5.26. The normalized spacial score (nSPS) is 14.9. The molecule has 1 fully saturated rings. The second-order valence-corrected chi connectivity index (χ2v) is 7.96. The molecule has 0 bridgehead atoms. The first-order valence-electron chi connectivity index (χ1n) is 10.4. The molecule has 6 nitrogen and oxygen atoms in total. The lowest BCUT2D eigenvalue weighted by Gasteiger charge is -2.30. The lowest BCUT2D eigenvalue weighted by atomic mass is 9.96. The first kappa shape index (κ1) is 18.6. The predicted octanol–water partition coefficient (Wildman–Crippen LogP) is 3.66. The van der Waals surface area contributed by atoms with E-state index in [0.717, 1.165) is 47.7 Å². The van der Waals surface area contributed by atoms with Gasteiger partial charge in [-0.05, 0) is 68.2 Å². The largest absolute Gasteiger partial charge is 0.361 e. The van der Waals surface area contributed by atoms with E-state index in [2.05, 4.69) is 15.3 Å². The van der Waals surface area contributed by atoms with E-state index < -0.39 is 0 Å². The van der Waals surface area contributed by atoms with Gasteiger partial charge in [-0.3, -0.25) is 9.59 Å². The predicted molar refractivity (Wildman–Crippen MR) is 120 cm³/mol. The maximum Gasteiger partial charge on any atom is 0.272 e. The van der Waals surface area contributed by atoms with Gasteiger partial charge in [-0.2, -0.15) is 0 Å². The van der Waals surface area contributed by atoms with Gasteiger partial charge >= 0.3 is 0 Å². The summed E-state index contributed by atoms with van der Waals surface area (Å²) in [5.41, 5.74) is 2.52. The zero-order valence-electron chi connectivity index (χ0n) is 16.7. The third kappa shape index (κ3) is 3.50. The fourth-order valence-corrected chi connectivity index (χ4v) is 4.29. The molecule has 152 valence electrons. The van der Waals surface area contributed by atoms with Gasteiger partial charge in [0.25, 0.3) is 11.5 Å². The molecule has 2 aromatic heterocycles. The second-order valence-electron chi connectivity index (χ2n) is 7.96. The molecule has 5 rings (SSSR count). The van der Waals surface area contributed by atoms with Crippen LogP contribution in [0, 0.1) is 5.92 Å². The van der Waals surface area contributed by atoms with Crippen LogP contribution in [0.15, 0.2) is 65.6 Å². The lowest BCUT2D eigenvalue weighted by Crippen LogP contribution is -2.41. The first-order chi connectivity index (χ1) is 14.7. The van der Waals surface area contributed by atoms with Gasteiger partial charge in [-0.15, -0.1) is 0 Å². The summed E-state index contributed by atoms with van der Waals surface area (Å²) < 4.78 is 0. The first-order valence-corrected chi connectivity index (χ1v) is 10.4. The molecule has 0 radical (unpaired) electrons. The maximum atomic E-state index is 13.6. The van der Waals surface area contributed by atoms with Crippen LogP contribution >= 0.6 is 0 Å². The average molecular weight is 400 g/mol. The molecule has 1 aliphatic heterocycles. The molecule has 1 aliphatic rings. The Labute approximate surface area is 173 Å². The van der Waals surface area contributed by atoms with E-state index >= 15 is 0 Å². The molecular weight excluding hydrogens is 376 g/mol. The molecule has 0 spiro atoms. The lowest BCUT2D eigenvalue weighted by molar-refractivity contribution is 0.0980. The minimum atomic E-state index is -0.237. The van der Waals surface area contributed by atoms with Crippen LogP contribution in [0.2, 0.25) is 0 Å². The minimum Gasteiger partial charge on any atom is -0.361 e. The highest BCUT2D eigenvalue weighted by Crippen LogP contribution is 2.24. The Morgan fingerprint density at radius 1 is 0.967 bits per heavy atom. The summed E-state index contributed by atoms with van der Waals surface area (Å²) in [4.78, 5) is 34.3. The average Bonchev–Trinajstić information content (AvgIpc) is 3.25. The van der Waals surface area contributed by atoms with E-state index in [0.29, 0.717) is 23.7 Å². The number of nitrogens with one attached hydrogen (secondary N) is 3. The molecule has 0 saturated carbocycles. The van der Waals surface area contributed by atoms with Gasteiger partial charge < -0.3 is 20.2 Å². The van der Waals surface area contributed by atoms with E-state index in [-0.39, 0.29) is 11.5 Å². The summed E-state index contributed by atoms with van der Waals surface area (Å²) >= 11 is 0. The van der Waals surface area contributed by atoms with Gasteiger partial charge in [0.1, 0.15) is 5.69 Å². The number of piperidine rings is 1. The van der Waals surface area contributed by atoms with Crippen LogP contribution in [-0.4, -0.2) is 35.5 Å². The van der Waals surface area contributed by atoms with Crippen molar-refractivity contribution in [1.82, 2.24) is 15.3 Å². The molecule has 4 aromatic rings. The Kier molecular flexibility index (Phi) is 4.85. The molecule has 1 saturated heterocycles. The number of aromatic nitrogens is 2. The van der Waals surface area contributed by atoms with Crippen LogP contribution in [0.1, 0.15) is 23.2 Å². The van der Waals surface area contributed by atoms with Crippen LogP contribution in [0.4, 0.5) is 5.69 Å². The van der Waals surface area contributed by atoms with Gasteiger partial charge in [-0.25, -0.2) is 0 Å². The van der Waals surface area contributed by atoms with Crippen LogP contribution in [0.5, 0.6) is 0 Å². The molecule has 3 heterocycles. The molecule has 1 amide bonds. The fourth-order valence-electron chi connectivity index (χ4n) is 4.29. The Morgan fingerprint density at radius 3 is 2.63 bits per heavy atom. The topological polar surface area (TPSA) is 81.0 Å². The third-order valence-electron chi connectivity index (χ3n) is 5.97. The smallest absolute Gasteiger partial charge is 0.272 e. The Morgan fingerprint density at radius 2 is 1.77 bits per heavy atom. The highest BCUT2D eigenvalue weighted by atomic mass is 16.2. The number of carbonyl (C=O) groups excluding carboxylic acids is 1. The van der Waals surface area contributed by atoms with Crippen molar-refractivity contribution in [2.24, 2.45) is 5.92 Å². The monoisotopic (exact) mass is 400 g/mol. The molecule has 6 heteroatoms. The van der Waals surface area contributed by atoms with Crippen molar-refractivity contribution < 1.29 is 4.79 Å². The number of fused-ring (bicyclic) bond motifs is 2. The quantitative estimate of drug-likeness (QED) is 0.489. The van der Waals surface area contributed by atoms with Crippen LogP contribution in [-0.2, 0) is 0 Å².